The van der Waals surface area contributed by atoms with Gasteiger partial charge in [0.05, 0.1) is 12.1 Å². The highest BCUT2D eigenvalue weighted by atomic mass is 16.5. The van der Waals surface area contributed by atoms with Gasteiger partial charge in [0.15, 0.2) is 0 Å². The van der Waals surface area contributed by atoms with Crippen molar-refractivity contribution in [2.45, 2.75) is 39.8 Å². The van der Waals surface area contributed by atoms with E-state index in [9.17, 15) is 4.79 Å². The molecule has 0 spiro atoms. The predicted octanol–water partition coefficient (Wildman–Crippen LogP) is 2.77. The monoisotopic (exact) mass is 288 g/mol. The second-order valence-electron chi connectivity index (χ2n) is 5.18. The number of carbonyl (C=O) groups is 1. The number of nitrogens with one attached hydrogen (secondary N) is 1. The van der Waals surface area contributed by atoms with Gasteiger partial charge in [0, 0.05) is 18.2 Å². The summed E-state index contributed by atoms with van der Waals surface area (Å²) < 4.78 is 5.18. The molecule has 1 atom stereocenters. The lowest BCUT2D eigenvalue weighted by Gasteiger charge is -2.15. The number of aliphatic carboxylic acids is 1. The van der Waals surface area contributed by atoms with E-state index >= 15 is 0 Å². The van der Waals surface area contributed by atoms with Crippen molar-refractivity contribution in [2.75, 3.05) is 0 Å². The van der Waals surface area contributed by atoms with E-state index < -0.39 is 5.97 Å². The normalized spacial score (nSPS) is 12.3. The number of carboxylic acids is 1. The topological polar surface area (TPSA) is 75.4 Å². The van der Waals surface area contributed by atoms with Crippen LogP contribution in [0.25, 0.3) is 0 Å². The van der Waals surface area contributed by atoms with E-state index in [0.29, 0.717) is 6.54 Å². The summed E-state index contributed by atoms with van der Waals surface area (Å²) >= 11 is 0. The van der Waals surface area contributed by atoms with E-state index in [0.717, 1.165) is 28.1 Å². The zero-order valence-corrected chi connectivity index (χ0v) is 12.5. The minimum absolute atomic E-state index is 0.0392. The van der Waals surface area contributed by atoms with Gasteiger partial charge in [-0.25, -0.2) is 0 Å². The van der Waals surface area contributed by atoms with Crippen LogP contribution in [0.2, 0.25) is 0 Å². The van der Waals surface area contributed by atoms with Crippen LogP contribution in [-0.4, -0.2) is 16.2 Å². The lowest BCUT2D eigenvalue weighted by atomic mass is 10.0. The van der Waals surface area contributed by atoms with Crippen molar-refractivity contribution in [3.05, 3.63) is 52.4 Å². The van der Waals surface area contributed by atoms with Crippen LogP contribution in [0.5, 0.6) is 0 Å². The van der Waals surface area contributed by atoms with E-state index in [-0.39, 0.29) is 12.5 Å². The molecular weight excluding hydrogens is 268 g/mol. The molecule has 1 aromatic carbocycles. The minimum atomic E-state index is -0.818. The van der Waals surface area contributed by atoms with Crippen LogP contribution in [0.4, 0.5) is 0 Å². The third-order valence-corrected chi connectivity index (χ3v) is 3.58. The Hall–Kier alpha value is -2.14. The van der Waals surface area contributed by atoms with Gasteiger partial charge in [-0.2, -0.15) is 0 Å². The van der Waals surface area contributed by atoms with Crippen molar-refractivity contribution in [3.8, 4) is 0 Å². The van der Waals surface area contributed by atoms with Crippen molar-refractivity contribution >= 4 is 5.97 Å². The van der Waals surface area contributed by atoms with Crippen LogP contribution in [0.1, 0.15) is 41.1 Å². The van der Waals surface area contributed by atoms with Crippen LogP contribution in [0, 0.1) is 13.8 Å². The molecule has 5 heteroatoms. The van der Waals surface area contributed by atoms with Gasteiger partial charge in [0.2, 0.25) is 0 Å². The minimum Gasteiger partial charge on any atom is -0.481 e. The average molecular weight is 288 g/mol. The Labute approximate surface area is 124 Å². The smallest absolute Gasteiger partial charge is 0.307 e. The van der Waals surface area contributed by atoms with Gasteiger partial charge in [-0.05, 0) is 31.9 Å². The van der Waals surface area contributed by atoms with Crippen molar-refractivity contribution < 1.29 is 14.4 Å². The number of hydrogen-bond donors (Lipinski definition) is 2. The first-order valence-corrected chi connectivity index (χ1v) is 6.93. The number of aromatic nitrogens is 1. The van der Waals surface area contributed by atoms with Gasteiger partial charge in [-0.3, -0.25) is 4.79 Å². The molecule has 1 aromatic heterocycles. The molecule has 21 heavy (non-hydrogen) atoms. The fourth-order valence-electron chi connectivity index (χ4n) is 2.54. The number of benzene rings is 1. The van der Waals surface area contributed by atoms with E-state index in [4.69, 9.17) is 9.63 Å². The molecule has 0 aliphatic heterocycles. The summed E-state index contributed by atoms with van der Waals surface area (Å²) in [5, 5.41) is 16.3. The lowest BCUT2D eigenvalue weighted by Crippen LogP contribution is -2.20. The van der Waals surface area contributed by atoms with E-state index in [1.54, 1.807) is 0 Å². The maximum absolute atomic E-state index is 10.9. The van der Waals surface area contributed by atoms with E-state index in [1.165, 1.54) is 0 Å². The second kappa shape index (κ2) is 6.54. The van der Waals surface area contributed by atoms with Gasteiger partial charge in [0.25, 0.3) is 0 Å². The summed E-state index contributed by atoms with van der Waals surface area (Å²) in [6.45, 7) is 6.47. The van der Waals surface area contributed by atoms with Gasteiger partial charge in [0.1, 0.15) is 5.76 Å². The number of aryl methyl sites for hydroxylation is 2. The molecule has 0 saturated carbocycles. The van der Waals surface area contributed by atoms with Gasteiger partial charge >= 0.3 is 5.97 Å². The van der Waals surface area contributed by atoms with Gasteiger partial charge in [-0.15, -0.1) is 0 Å². The van der Waals surface area contributed by atoms with E-state index in [2.05, 4.69) is 10.5 Å². The Kier molecular flexibility index (Phi) is 4.75. The largest absolute Gasteiger partial charge is 0.481 e. The van der Waals surface area contributed by atoms with Crippen LogP contribution in [-0.2, 0) is 17.8 Å². The summed E-state index contributed by atoms with van der Waals surface area (Å²) in [5.41, 5.74) is 3.78. The highest BCUT2D eigenvalue weighted by Gasteiger charge is 2.16. The Morgan fingerprint density at radius 2 is 2.00 bits per heavy atom. The summed E-state index contributed by atoms with van der Waals surface area (Å²) in [7, 11) is 0. The summed E-state index contributed by atoms with van der Waals surface area (Å²) in [4.78, 5) is 10.9. The zero-order chi connectivity index (χ0) is 15.4. The molecule has 0 bridgehead atoms. The highest BCUT2D eigenvalue weighted by Crippen LogP contribution is 2.21. The molecule has 112 valence electrons. The molecular formula is C16H20N2O3. The number of carboxylic acid groups (broad SMARTS) is 1. The number of rotatable bonds is 6. The van der Waals surface area contributed by atoms with Crippen molar-refractivity contribution in [1.82, 2.24) is 10.5 Å². The van der Waals surface area contributed by atoms with Crippen molar-refractivity contribution in [1.29, 1.82) is 0 Å². The molecule has 0 radical (unpaired) electrons. The maximum Gasteiger partial charge on any atom is 0.307 e. The highest BCUT2D eigenvalue weighted by molar-refractivity contribution is 5.70. The quantitative estimate of drug-likeness (QED) is 0.855. The Balaban J connectivity index is 2.08. The first-order chi connectivity index (χ1) is 9.99. The molecule has 0 amide bonds. The predicted molar refractivity (Wildman–Crippen MR) is 79.0 cm³/mol. The van der Waals surface area contributed by atoms with Crippen molar-refractivity contribution in [2.24, 2.45) is 0 Å². The molecule has 0 aliphatic rings. The van der Waals surface area contributed by atoms with Crippen LogP contribution in [0.15, 0.2) is 28.8 Å². The molecule has 0 fully saturated rings. The molecule has 1 heterocycles. The first-order valence-electron chi connectivity index (χ1n) is 6.93. The molecule has 0 saturated heterocycles. The first kappa shape index (κ1) is 15.3. The van der Waals surface area contributed by atoms with Crippen LogP contribution < -0.4 is 5.32 Å². The number of nitrogens with zero attached hydrogens (tertiary/aromatic N) is 1. The van der Waals surface area contributed by atoms with Gasteiger partial charge < -0.3 is 14.9 Å². The van der Waals surface area contributed by atoms with Crippen molar-refractivity contribution in [3.63, 3.8) is 0 Å². The standard InChI is InChI=1S/C16H20N2O3/c1-10(16-11(2)18-21-12(16)3)17-9-14-7-5-4-6-13(14)8-15(19)20/h4-7,10,17H,8-9H2,1-3H3,(H,19,20). The number of hydrogen-bond acceptors (Lipinski definition) is 4. The maximum atomic E-state index is 10.9. The summed E-state index contributed by atoms with van der Waals surface area (Å²) in [6, 6.07) is 7.67. The average Bonchev–Trinajstić information content (AvgIpc) is 2.76. The fourth-order valence-corrected chi connectivity index (χ4v) is 2.54. The third-order valence-electron chi connectivity index (χ3n) is 3.58. The Morgan fingerprint density at radius 3 is 2.57 bits per heavy atom. The summed E-state index contributed by atoms with van der Waals surface area (Å²) in [5.74, 6) is -0.00690. The third kappa shape index (κ3) is 3.70. The SMILES string of the molecule is Cc1noc(C)c1C(C)NCc1ccccc1CC(=O)O. The molecule has 5 nitrogen and oxygen atoms in total. The van der Waals surface area contributed by atoms with Crippen LogP contribution >= 0.6 is 0 Å². The van der Waals surface area contributed by atoms with E-state index in [1.807, 2.05) is 45.0 Å². The Bertz CT molecular complexity index is 615. The fraction of sp³-hybridized carbons (Fsp3) is 0.375. The molecule has 2 aromatic rings. The van der Waals surface area contributed by atoms with Crippen LogP contribution in [0.3, 0.4) is 0 Å². The summed E-state index contributed by atoms with van der Waals surface area (Å²) in [6.07, 6.45) is 0.0392. The molecule has 0 aliphatic carbocycles. The zero-order valence-electron chi connectivity index (χ0n) is 12.5. The lowest BCUT2D eigenvalue weighted by molar-refractivity contribution is -0.136. The molecule has 2 N–H and O–H groups in total. The second-order valence-corrected chi connectivity index (χ2v) is 5.18. The molecule has 1 unspecified atom stereocenters. The molecule has 2 rings (SSSR count). The van der Waals surface area contributed by atoms with Gasteiger partial charge in [-0.1, -0.05) is 29.4 Å². The Morgan fingerprint density at radius 1 is 1.33 bits per heavy atom.